The van der Waals surface area contributed by atoms with Gasteiger partial charge in [0.25, 0.3) is 11.8 Å². The smallest absolute Gasteiger partial charge is 0.263 e. The molecule has 0 saturated carbocycles. The monoisotopic (exact) mass is 236 g/mol. The second-order valence-corrected chi connectivity index (χ2v) is 4.84. The third-order valence-electron chi connectivity index (χ3n) is 2.51. The summed E-state index contributed by atoms with van der Waals surface area (Å²) >= 11 is 1.39. The summed E-state index contributed by atoms with van der Waals surface area (Å²) in [6, 6.07) is 0. The molecule has 1 aromatic rings. The van der Waals surface area contributed by atoms with Crippen molar-refractivity contribution in [3.05, 3.63) is 22.2 Å². The molecule has 1 aliphatic rings. The fourth-order valence-electron chi connectivity index (χ4n) is 1.61. The van der Waals surface area contributed by atoms with Crippen molar-refractivity contribution >= 4 is 28.3 Å². The van der Waals surface area contributed by atoms with Gasteiger partial charge in [-0.15, -0.1) is 11.3 Å². The van der Waals surface area contributed by atoms with E-state index in [1.165, 1.54) is 17.4 Å². The van der Waals surface area contributed by atoms with E-state index in [1.54, 1.807) is 6.92 Å². The number of imide groups is 1. The molecule has 0 unspecified atom stereocenters. The third kappa shape index (κ3) is 1.57. The SMILES string of the molecule is CCc1nc(N2C(=O)C=C(C)C2=O)sc1C. The topological polar surface area (TPSA) is 50.3 Å². The van der Waals surface area contributed by atoms with E-state index >= 15 is 0 Å². The second-order valence-electron chi connectivity index (χ2n) is 3.66. The molecule has 0 N–H and O–H groups in total. The Morgan fingerprint density at radius 3 is 2.50 bits per heavy atom. The number of aromatic nitrogens is 1. The van der Waals surface area contributed by atoms with Crippen LogP contribution in [0.5, 0.6) is 0 Å². The Morgan fingerprint density at radius 1 is 1.38 bits per heavy atom. The molecule has 2 rings (SSSR count). The van der Waals surface area contributed by atoms with Crippen LogP contribution in [0.4, 0.5) is 5.13 Å². The molecule has 5 heteroatoms. The van der Waals surface area contributed by atoms with Crippen molar-refractivity contribution in [2.45, 2.75) is 27.2 Å². The number of hydrogen-bond acceptors (Lipinski definition) is 4. The van der Waals surface area contributed by atoms with Crippen molar-refractivity contribution in [2.75, 3.05) is 4.90 Å². The van der Waals surface area contributed by atoms with Crippen LogP contribution in [0, 0.1) is 6.92 Å². The zero-order valence-electron chi connectivity index (χ0n) is 9.40. The second kappa shape index (κ2) is 3.83. The quantitative estimate of drug-likeness (QED) is 0.736. The zero-order chi connectivity index (χ0) is 11.9. The summed E-state index contributed by atoms with van der Waals surface area (Å²) in [7, 11) is 0. The summed E-state index contributed by atoms with van der Waals surface area (Å²) in [6.07, 6.45) is 2.16. The van der Waals surface area contributed by atoms with Crippen LogP contribution in [0.25, 0.3) is 0 Å². The van der Waals surface area contributed by atoms with E-state index in [1.807, 2.05) is 13.8 Å². The number of aryl methyl sites for hydroxylation is 2. The first-order valence-corrected chi connectivity index (χ1v) is 5.89. The molecule has 1 aromatic heterocycles. The average Bonchev–Trinajstić information content (AvgIpc) is 2.69. The first-order valence-electron chi connectivity index (χ1n) is 5.07. The lowest BCUT2D eigenvalue weighted by molar-refractivity contribution is -0.120. The number of carbonyl (C=O) groups excluding carboxylic acids is 2. The third-order valence-corrected chi connectivity index (χ3v) is 3.51. The van der Waals surface area contributed by atoms with Crippen LogP contribution in [0.3, 0.4) is 0 Å². The molecule has 0 fully saturated rings. The number of anilines is 1. The van der Waals surface area contributed by atoms with E-state index in [9.17, 15) is 9.59 Å². The Labute approximate surface area is 97.6 Å². The maximum Gasteiger partial charge on any atom is 0.263 e. The Balaban J connectivity index is 2.39. The molecule has 0 aliphatic carbocycles. The van der Waals surface area contributed by atoms with E-state index in [-0.39, 0.29) is 11.8 Å². The van der Waals surface area contributed by atoms with Crippen molar-refractivity contribution < 1.29 is 9.59 Å². The molecule has 1 aliphatic heterocycles. The summed E-state index contributed by atoms with van der Waals surface area (Å²) in [6.45, 7) is 5.59. The molecule has 0 spiro atoms. The van der Waals surface area contributed by atoms with E-state index in [0.29, 0.717) is 10.7 Å². The minimum atomic E-state index is -0.293. The molecular weight excluding hydrogens is 224 g/mol. The summed E-state index contributed by atoms with van der Waals surface area (Å²) in [5.41, 5.74) is 1.42. The highest BCUT2D eigenvalue weighted by atomic mass is 32.1. The van der Waals surface area contributed by atoms with Crippen LogP contribution in [-0.4, -0.2) is 16.8 Å². The van der Waals surface area contributed by atoms with Crippen molar-refractivity contribution in [3.63, 3.8) is 0 Å². The summed E-state index contributed by atoms with van der Waals surface area (Å²) in [5.74, 6) is -0.555. The zero-order valence-corrected chi connectivity index (χ0v) is 10.2. The highest BCUT2D eigenvalue weighted by molar-refractivity contribution is 7.16. The largest absolute Gasteiger partial charge is 0.269 e. The van der Waals surface area contributed by atoms with Gasteiger partial charge < -0.3 is 0 Å². The van der Waals surface area contributed by atoms with Gasteiger partial charge in [0.2, 0.25) is 0 Å². The number of amides is 2. The molecule has 4 nitrogen and oxygen atoms in total. The highest BCUT2D eigenvalue weighted by Gasteiger charge is 2.32. The van der Waals surface area contributed by atoms with Crippen LogP contribution in [-0.2, 0) is 16.0 Å². The van der Waals surface area contributed by atoms with Crippen LogP contribution in [0.2, 0.25) is 0 Å². The molecule has 0 saturated heterocycles. The van der Waals surface area contributed by atoms with Gasteiger partial charge in [0, 0.05) is 16.5 Å². The predicted octanol–water partition coefficient (Wildman–Crippen LogP) is 1.83. The van der Waals surface area contributed by atoms with E-state index < -0.39 is 0 Å². The molecule has 0 atom stereocenters. The van der Waals surface area contributed by atoms with Crippen molar-refractivity contribution in [1.29, 1.82) is 0 Å². The van der Waals surface area contributed by atoms with Gasteiger partial charge in [-0.05, 0) is 20.3 Å². The predicted molar refractivity (Wildman–Crippen MR) is 62.5 cm³/mol. The lowest BCUT2D eigenvalue weighted by Gasteiger charge is -2.09. The molecule has 0 aromatic carbocycles. The van der Waals surface area contributed by atoms with Crippen molar-refractivity contribution in [1.82, 2.24) is 4.98 Å². The number of hydrogen-bond donors (Lipinski definition) is 0. The summed E-state index contributed by atoms with van der Waals surface area (Å²) in [4.78, 5) is 29.8. The highest BCUT2D eigenvalue weighted by Crippen LogP contribution is 2.29. The average molecular weight is 236 g/mol. The molecule has 84 valence electrons. The maximum atomic E-state index is 11.7. The Morgan fingerprint density at radius 2 is 2.06 bits per heavy atom. The van der Waals surface area contributed by atoms with Crippen molar-refractivity contribution in [3.8, 4) is 0 Å². The standard InChI is InChI=1S/C11H12N2O2S/c1-4-8-7(3)16-11(12-8)13-9(14)5-6(2)10(13)15/h5H,4H2,1-3H3. The van der Waals surface area contributed by atoms with Crippen LogP contribution >= 0.6 is 11.3 Å². The van der Waals surface area contributed by atoms with Gasteiger partial charge in [-0.2, -0.15) is 0 Å². The molecule has 0 bridgehead atoms. The summed E-state index contributed by atoms with van der Waals surface area (Å²) < 4.78 is 0. The maximum absolute atomic E-state index is 11.7. The van der Waals surface area contributed by atoms with Gasteiger partial charge in [-0.1, -0.05) is 6.92 Å². The lowest BCUT2D eigenvalue weighted by atomic mass is 10.3. The van der Waals surface area contributed by atoms with Gasteiger partial charge in [0.15, 0.2) is 5.13 Å². The summed E-state index contributed by atoms with van der Waals surface area (Å²) in [5, 5.41) is 0.484. The van der Waals surface area contributed by atoms with Gasteiger partial charge in [0.1, 0.15) is 0 Å². The molecule has 16 heavy (non-hydrogen) atoms. The van der Waals surface area contributed by atoms with Crippen molar-refractivity contribution in [2.24, 2.45) is 0 Å². The van der Waals surface area contributed by atoms with Crippen LogP contribution in [0.1, 0.15) is 24.4 Å². The molecule has 2 amide bonds. The van der Waals surface area contributed by atoms with Crippen LogP contribution < -0.4 is 4.90 Å². The fraction of sp³-hybridized carbons (Fsp3) is 0.364. The fourth-order valence-corrected chi connectivity index (χ4v) is 2.61. The number of thiazole rings is 1. The minimum absolute atomic E-state index is 0.263. The number of nitrogens with zero attached hydrogens (tertiary/aromatic N) is 2. The molecule has 2 heterocycles. The van der Waals surface area contributed by atoms with Gasteiger partial charge in [-0.25, -0.2) is 9.88 Å². The van der Waals surface area contributed by atoms with Gasteiger partial charge >= 0.3 is 0 Å². The van der Waals surface area contributed by atoms with Gasteiger partial charge in [-0.3, -0.25) is 9.59 Å². The normalized spacial score (nSPS) is 15.9. The molecular formula is C11H12N2O2S. The first-order chi connectivity index (χ1) is 7.54. The number of rotatable bonds is 2. The Hall–Kier alpha value is -1.49. The molecule has 0 radical (unpaired) electrons. The minimum Gasteiger partial charge on any atom is -0.269 e. The van der Waals surface area contributed by atoms with Crippen LogP contribution in [0.15, 0.2) is 11.6 Å². The number of carbonyl (C=O) groups is 2. The first kappa shape index (κ1) is 11.0. The Bertz CT molecular complexity index is 502. The Kier molecular flexibility index (Phi) is 2.63. The van der Waals surface area contributed by atoms with E-state index in [2.05, 4.69) is 4.98 Å². The van der Waals surface area contributed by atoms with E-state index in [0.717, 1.165) is 21.9 Å². The lowest BCUT2D eigenvalue weighted by Crippen LogP contribution is -2.30. The van der Waals surface area contributed by atoms with E-state index in [4.69, 9.17) is 0 Å². The van der Waals surface area contributed by atoms with Gasteiger partial charge in [0.05, 0.1) is 5.69 Å².